The summed E-state index contributed by atoms with van der Waals surface area (Å²) in [7, 11) is -3.76. The van der Waals surface area contributed by atoms with Crippen molar-refractivity contribution >= 4 is 27.3 Å². The predicted octanol–water partition coefficient (Wildman–Crippen LogP) is 5.91. The van der Waals surface area contributed by atoms with Crippen LogP contribution in [0.3, 0.4) is 0 Å². The van der Waals surface area contributed by atoms with Gasteiger partial charge in [0.1, 0.15) is 17.2 Å². The molecule has 8 heteroatoms. The third-order valence-electron chi connectivity index (χ3n) is 5.24. The molecular weight excluding hydrogens is 476 g/mol. The van der Waals surface area contributed by atoms with Crippen molar-refractivity contribution in [2.75, 3.05) is 16.6 Å². The van der Waals surface area contributed by atoms with E-state index in [-0.39, 0.29) is 17.4 Å². The first kappa shape index (κ1) is 24.8. The van der Waals surface area contributed by atoms with Gasteiger partial charge in [0, 0.05) is 11.4 Å². The lowest BCUT2D eigenvalue weighted by Gasteiger charge is -2.13. The van der Waals surface area contributed by atoms with Crippen molar-refractivity contribution < 1.29 is 22.7 Å². The Balaban J connectivity index is 1.31. The third kappa shape index (κ3) is 6.64. The highest BCUT2D eigenvalue weighted by molar-refractivity contribution is 7.92. The summed E-state index contributed by atoms with van der Waals surface area (Å²) in [6.45, 7) is 3.43. The fourth-order valence-corrected chi connectivity index (χ4v) is 4.50. The Morgan fingerprint density at radius 3 is 2.08 bits per heavy atom. The monoisotopic (exact) mass is 502 g/mol. The van der Waals surface area contributed by atoms with Crippen LogP contribution in [0, 0.1) is 13.8 Å². The number of sulfonamides is 1. The Labute approximate surface area is 210 Å². The number of rotatable bonds is 9. The molecule has 4 aromatic carbocycles. The Bertz CT molecular complexity index is 1440. The van der Waals surface area contributed by atoms with E-state index in [9.17, 15) is 13.2 Å². The molecule has 7 nitrogen and oxygen atoms in total. The second-order valence-electron chi connectivity index (χ2n) is 8.18. The Kier molecular flexibility index (Phi) is 7.56. The van der Waals surface area contributed by atoms with Gasteiger partial charge in [-0.1, -0.05) is 35.9 Å². The van der Waals surface area contributed by atoms with Crippen molar-refractivity contribution in [2.24, 2.45) is 0 Å². The quantitative estimate of drug-likeness (QED) is 0.297. The van der Waals surface area contributed by atoms with Crippen molar-refractivity contribution in [2.45, 2.75) is 18.7 Å². The van der Waals surface area contributed by atoms with E-state index in [0.717, 1.165) is 11.3 Å². The van der Waals surface area contributed by atoms with Crippen LogP contribution in [0.25, 0.3) is 0 Å². The number of amides is 1. The van der Waals surface area contributed by atoms with E-state index in [1.54, 1.807) is 49.4 Å². The molecule has 4 aromatic rings. The number of anilines is 2. The first-order chi connectivity index (χ1) is 17.3. The molecule has 0 atom stereocenters. The van der Waals surface area contributed by atoms with Crippen LogP contribution < -0.4 is 19.5 Å². The van der Waals surface area contributed by atoms with Crippen LogP contribution in [-0.2, 0) is 14.8 Å². The first-order valence-electron chi connectivity index (χ1n) is 11.2. The SMILES string of the molecule is Cc1ccc(NS(=O)(=O)c2ccc(OCC(=O)Nc3ccc(Oc4ccccc4)cc3)c(C)c2)cc1. The van der Waals surface area contributed by atoms with E-state index >= 15 is 0 Å². The minimum absolute atomic E-state index is 0.107. The summed E-state index contributed by atoms with van der Waals surface area (Å²) in [4.78, 5) is 12.5. The molecule has 4 rings (SSSR count). The molecule has 36 heavy (non-hydrogen) atoms. The molecule has 0 aromatic heterocycles. The number of aryl methyl sites for hydroxylation is 2. The highest BCUT2D eigenvalue weighted by Gasteiger charge is 2.16. The number of hydrogen-bond acceptors (Lipinski definition) is 5. The average molecular weight is 503 g/mol. The molecule has 0 aliphatic carbocycles. The average Bonchev–Trinajstić information content (AvgIpc) is 2.86. The highest BCUT2D eigenvalue weighted by Crippen LogP contribution is 2.25. The van der Waals surface area contributed by atoms with Crippen LogP contribution >= 0.6 is 0 Å². The highest BCUT2D eigenvalue weighted by atomic mass is 32.2. The summed E-state index contributed by atoms with van der Waals surface area (Å²) >= 11 is 0. The third-order valence-corrected chi connectivity index (χ3v) is 6.62. The Morgan fingerprint density at radius 1 is 0.778 bits per heavy atom. The molecule has 0 saturated heterocycles. The number of carbonyl (C=O) groups excluding carboxylic acids is 1. The van der Waals surface area contributed by atoms with Crippen molar-refractivity contribution in [3.63, 3.8) is 0 Å². The lowest BCUT2D eigenvalue weighted by Crippen LogP contribution is -2.20. The maximum atomic E-state index is 12.7. The minimum atomic E-state index is -3.76. The zero-order chi connectivity index (χ0) is 25.5. The van der Waals surface area contributed by atoms with Gasteiger partial charge in [0.2, 0.25) is 0 Å². The van der Waals surface area contributed by atoms with Gasteiger partial charge in [0.05, 0.1) is 4.90 Å². The first-order valence-corrected chi connectivity index (χ1v) is 12.7. The van der Waals surface area contributed by atoms with Gasteiger partial charge in [0.25, 0.3) is 15.9 Å². The van der Waals surface area contributed by atoms with Gasteiger partial charge < -0.3 is 14.8 Å². The lowest BCUT2D eigenvalue weighted by molar-refractivity contribution is -0.118. The van der Waals surface area contributed by atoms with E-state index in [4.69, 9.17) is 9.47 Å². The molecule has 0 saturated carbocycles. The van der Waals surface area contributed by atoms with Crippen molar-refractivity contribution in [3.8, 4) is 17.2 Å². The summed E-state index contributed by atoms with van der Waals surface area (Å²) in [5.41, 5.74) is 2.71. The Morgan fingerprint density at radius 2 is 1.42 bits per heavy atom. The summed E-state index contributed by atoms with van der Waals surface area (Å²) in [6, 6.07) is 28.0. The second-order valence-corrected chi connectivity index (χ2v) is 9.86. The zero-order valence-corrected chi connectivity index (χ0v) is 20.7. The van der Waals surface area contributed by atoms with Gasteiger partial charge in [-0.05, 0) is 86.1 Å². The second kappa shape index (κ2) is 11.0. The van der Waals surface area contributed by atoms with E-state index < -0.39 is 10.0 Å². The molecule has 0 fully saturated rings. The van der Waals surface area contributed by atoms with Gasteiger partial charge in [-0.25, -0.2) is 8.42 Å². The maximum absolute atomic E-state index is 12.7. The Hall–Kier alpha value is -4.30. The fourth-order valence-electron chi connectivity index (χ4n) is 3.36. The largest absolute Gasteiger partial charge is 0.483 e. The molecule has 0 heterocycles. The minimum Gasteiger partial charge on any atom is -0.483 e. The van der Waals surface area contributed by atoms with E-state index in [1.165, 1.54) is 12.1 Å². The topological polar surface area (TPSA) is 93.7 Å². The molecule has 0 aliphatic rings. The van der Waals surface area contributed by atoms with Gasteiger partial charge in [-0.3, -0.25) is 9.52 Å². The maximum Gasteiger partial charge on any atom is 0.262 e. The summed E-state index contributed by atoms with van der Waals surface area (Å²) in [5.74, 6) is 1.45. The normalized spacial score (nSPS) is 10.9. The molecule has 1 amide bonds. The summed E-state index contributed by atoms with van der Waals surface area (Å²) in [5, 5.41) is 2.76. The zero-order valence-electron chi connectivity index (χ0n) is 19.9. The molecule has 184 valence electrons. The van der Waals surface area contributed by atoms with Crippen LogP contribution in [0.4, 0.5) is 11.4 Å². The number of para-hydroxylation sites is 1. The van der Waals surface area contributed by atoms with Crippen LogP contribution in [-0.4, -0.2) is 20.9 Å². The van der Waals surface area contributed by atoms with Crippen LogP contribution in [0.1, 0.15) is 11.1 Å². The van der Waals surface area contributed by atoms with Crippen LogP contribution in [0.15, 0.2) is 102 Å². The van der Waals surface area contributed by atoms with Gasteiger partial charge in [-0.15, -0.1) is 0 Å². The molecule has 0 aliphatic heterocycles. The number of carbonyl (C=O) groups is 1. The number of hydrogen-bond donors (Lipinski definition) is 2. The van der Waals surface area contributed by atoms with Crippen molar-refractivity contribution in [3.05, 3.63) is 108 Å². The van der Waals surface area contributed by atoms with E-state index in [0.29, 0.717) is 28.4 Å². The smallest absolute Gasteiger partial charge is 0.262 e. The molecule has 0 bridgehead atoms. The van der Waals surface area contributed by atoms with Gasteiger partial charge in [-0.2, -0.15) is 0 Å². The fraction of sp³-hybridized carbons (Fsp3) is 0.107. The van der Waals surface area contributed by atoms with Crippen LogP contribution in [0.5, 0.6) is 17.2 Å². The van der Waals surface area contributed by atoms with Crippen LogP contribution in [0.2, 0.25) is 0 Å². The molecular formula is C28H26N2O5S. The van der Waals surface area contributed by atoms with Crippen molar-refractivity contribution in [1.29, 1.82) is 0 Å². The summed E-state index contributed by atoms with van der Waals surface area (Å²) < 4.78 is 39.4. The summed E-state index contributed by atoms with van der Waals surface area (Å²) in [6.07, 6.45) is 0. The molecule has 0 spiro atoms. The van der Waals surface area contributed by atoms with Gasteiger partial charge >= 0.3 is 0 Å². The lowest BCUT2D eigenvalue weighted by atomic mass is 10.2. The predicted molar refractivity (Wildman–Crippen MR) is 140 cm³/mol. The number of nitrogens with one attached hydrogen (secondary N) is 2. The van der Waals surface area contributed by atoms with E-state index in [2.05, 4.69) is 10.0 Å². The molecule has 0 radical (unpaired) electrons. The molecule has 2 N–H and O–H groups in total. The van der Waals surface area contributed by atoms with Gasteiger partial charge in [0.15, 0.2) is 6.61 Å². The standard InChI is InChI=1S/C28H26N2O5S/c1-20-8-10-23(11-9-20)30-36(32,33)26-16-17-27(21(2)18-26)34-19-28(31)29-22-12-14-25(15-13-22)35-24-6-4-3-5-7-24/h3-18,30H,19H2,1-2H3,(H,29,31). The molecule has 0 unspecified atom stereocenters. The number of ether oxygens (including phenoxy) is 2. The van der Waals surface area contributed by atoms with E-state index in [1.807, 2.05) is 49.4 Å². The number of benzene rings is 4. The van der Waals surface area contributed by atoms with Crippen molar-refractivity contribution in [1.82, 2.24) is 0 Å².